The van der Waals surface area contributed by atoms with E-state index in [0.29, 0.717) is 15.9 Å². The fourth-order valence-corrected chi connectivity index (χ4v) is 1.99. The van der Waals surface area contributed by atoms with Crippen molar-refractivity contribution in [1.82, 2.24) is 9.78 Å². The molecule has 2 nitrogen and oxygen atoms in total. The standard InChI is InChI=1S/C11H9Cl3N2/c1-7-4-9(6-12)15-16(7)11-5-8(13)2-3-10(11)14/h2-5H,6H2,1H3. The van der Waals surface area contributed by atoms with Crippen molar-refractivity contribution in [3.63, 3.8) is 0 Å². The number of nitrogens with zero attached hydrogens (tertiary/aromatic N) is 2. The van der Waals surface area contributed by atoms with E-state index in [2.05, 4.69) is 5.10 Å². The zero-order valence-electron chi connectivity index (χ0n) is 8.54. The van der Waals surface area contributed by atoms with E-state index in [1.165, 1.54) is 0 Å². The number of rotatable bonds is 2. The van der Waals surface area contributed by atoms with E-state index in [4.69, 9.17) is 34.8 Å². The highest BCUT2D eigenvalue weighted by Gasteiger charge is 2.09. The summed E-state index contributed by atoms with van der Waals surface area (Å²) in [5.41, 5.74) is 2.55. The van der Waals surface area contributed by atoms with Gasteiger partial charge >= 0.3 is 0 Å². The summed E-state index contributed by atoms with van der Waals surface area (Å²) in [7, 11) is 0. The average molecular weight is 276 g/mol. The third-order valence-corrected chi connectivity index (χ3v) is 3.04. The molecule has 0 N–H and O–H groups in total. The van der Waals surface area contributed by atoms with E-state index in [1.54, 1.807) is 22.9 Å². The quantitative estimate of drug-likeness (QED) is 0.750. The molecule has 0 unspecified atom stereocenters. The molecule has 0 bridgehead atoms. The maximum absolute atomic E-state index is 6.10. The SMILES string of the molecule is Cc1cc(CCl)nn1-c1cc(Cl)ccc1Cl. The second-order valence-electron chi connectivity index (χ2n) is 3.42. The van der Waals surface area contributed by atoms with Crippen molar-refractivity contribution in [3.8, 4) is 5.69 Å². The van der Waals surface area contributed by atoms with E-state index >= 15 is 0 Å². The molecule has 5 heteroatoms. The van der Waals surface area contributed by atoms with Crippen LogP contribution in [0.25, 0.3) is 5.69 Å². The van der Waals surface area contributed by atoms with E-state index in [9.17, 15) is 0 Å². The molecule has 2 rings (SSSR count). The molecule has 0 atom stereocenters. The smallest absolute Gasteiger partial charge is 0.0849 e. The number of halogens is 3. The van der Waals surface area contributed by atoms with Crippen molar-refractivity contribution in [2.24, 2.45) is 0 Å². The molecular weight excluding hydrogens is 266 g/mol. The predicted octanol–water partition coefficient (Wildman–Crippen LogP) is 4.23. The first-order valence-corrected chi connectivity index (χ1v) is 5.98. The molecule has 1 aromatic heterocycles. The van der Waals surface area contributed by atoms with Gasteiger partial charge < -0.3 is 0 Å². The second-order valence-corrected chi connectivity index (χ2v) is 4.53. The summed E-state index contributed by atoms with van der Waals surface area (Å²) in [6, 6.07) is 7.20. The van der Waals surface area contributed by atoms with Crippen molar-refractivity contribution in [1.29, 1.82) is 0 Å². The van der Waals surface area contributed by atoms with Crippen LogP contribution in [-0.4, -0.2) is 9.78 Å². The molecule has 0 radical (unpaired) electrons. The second kappa shape index (κ2) is 4.66. The number of benzene rings is 1. The first-order valence-electron chi connectivity index (χ1n) is 4.68. The normalized spacial score (nSPS) is 10.8. The minimum Gasteiger partial charge on any atom is -0.236 e. The van der Waals surface area contributed by atoms with Crippen LogP contribution in [-0.2, 0) is 5.88 Å². The minimum atomic E-state index is 0.381. The van der Waals surface area contributed by atoms with Crippen LogP contribution < -0.4 is 0 Å². The monoisotopic (exact) mass is 274 g/mol. The number of aromatic nitrogens is 2. The lowest BCUT2D eigenvalue weighted by Gasteiger charge is -2.06. The first kappa shape index (κ1) is 11.8. The number of aryl methyl sites for hydroxylation is 1. The summed E-state index contributed by atoms with van der Waals surface area (Å²) in [6.07, 6.45) is 0. The Balaban J connectivity index is 2.57. The Hall–Kier alpha value is -0.700. The van der Waals surface area contributed by atoms with Crippen LogP contribution in [0.5, 0.6) is 0 Å². The molecule has 0 aliphatic heterocycles. The predicted molar refractivity (Wildman–Crippen MR) is 67.9 cm³/mol. The van der Waals surface area contributed by atoms with Gasteiger partial charge in [-0.15, -0.1) is 11.6 Å². The van der Waals surface area contributed by atoms with E-state index in [1.807, 2.05) is 13.0 Å². The Labute approximate surface area is 109 Å². The van der Waals surface area contributed by atoms with E-state index < -0.39 is 0 Å². The highest BCUT2D eigenvalue weighted by Crippen LogP contribution is 2.25. The summed E-state index contributed by atoms with van der Waals surface area (Å²) in [6.45, 7) is 1.94. The van der Waals surface area contributed by atoms with Gasteiger partial charge in [0.2, 0.25) is 0 Å². The zero-order chi connectivity index (χ0) is 11.7. The molecule has 1 heterocycles. The van der Waals surface area contributed by atoms with Crippen LogP contribution in [0.3, 0.4) is 0 Å². The fourth-order valence-electron chi connectivity index (χ4n) is 1.50. The van der Waals surface area contributed by atoms with Crippen LogP contribution >= 0.6 is 34.8 Å². The third-order valence-electron chi connectivity index (χ3n) is 2.21. The lowest BCUT2D eigenvalue weighted by atomic mass is 10.3. The number of alkyl halides is 1. The highest BCUT2D eigenvalue weighted by molar-refractivity contribution is 6.34. The van der Waals surface area contributed by atoms with Gasteiger partial charge in [0.25, 0.3) is 0 Å². The minimum absolute atomic E-state index is 0.381. The highest BCUT2D eigenvalue weighted by atomic mass is 35.5. The van der Waals surface area contributed by atoms with Crippen LogP contribution in [0.2, 0.25) is 10.0 Å². The van der Waals surface area contributed by atoms with Crippen LogP contribution in [0.4, 0.5) is 0 Å². The van der Waals surface area contributed by atoms with Gasteiger partial charge in [0.05, 0.1) is 22.3 Å². The van der Waals surface area contributed by atoms with Crippen LogP contribution in [0.1, 0.15) is 11.4 Å². The molecule has 0 saturated heterocycles. The Morgan fingerprint density at radius 1 is 1.25 bits per heavy atom. The first-order chi connectivity index (χ1) is 7.61. The summed E-state index contributed by atoms with van der Waals surface area (Å²) < 4.78 is 1.74. The summed E-state index contributed by atoms with van der Waals surface area (Å²) >= 11 is 17.8. The van der Waals surface area contributed by atoms with Gasteiger partial charge in [-0.05, 0) is 31.2 Å². The van der Waals surface area contributed by atoms with Crippen molar-refractivity contribution >= 4 is 34.8 Å². The van der Waals surface area contributed by atoms with Gasteiger partial charge in [0.1, 0.15) is 0 Å². The van der Waals surface area contributed by atoms with Gasteiger partial charge in [-0.3, -0.25) is 0 Å². The number of hydrogen-bond acceptors (Lipinski definition) is 1. The van der Waals surface area contributed by atoms with Crippen molar-refractivity contribution < 1.29 is 0 Å². The van der Waals surface area contributed by atoms with Crippen LogP contribution in [0.15, 0.2) is 24.3 Å². The largest absolute Gasteiger partial charge is 0.236 e. The Kier molecular flexibility index (Phi) is 3.43. The van der Waals surface area contributed by atoms with E-state index in [0.717, 1.165) is 17.1 Å². The molecule has 0 amide bonds. The van der Waals surface area contributed by atoms with Crippen molar-refractivity contribution in [2.45, 2.75) is 12.8 Å². The summed E-state index contributed by atoms with van der Waals surface area (Å²) in [4.78, 5) is 0. The Bertz CT molecular complexity index is 520. The molecule has 16 heavy (non-hydrogen) atoms. The molecule has 84 valence electrons. The molecule has 0 aliphatic rings. The Morgan fingerprint density at radius 3 is 2.62 bits per heavy atom. The molecular formula is C11H9Cl3N2. The van der Waals surface area contributed by atoms with Gasteiger partial charge in [0.15, 0.2) is 0 Å². The van der Waals surface area contributed by atoms with Gasteiger partial charge in [-0.2, -0.15) is 5.10 Å². The molecule has 0 aliphatic carbocycles. The lowest BCUT2D eigenvalue weighted by molar-refractivity contribution is 0.831. The zero-order valence-corrected chi connectivity index (χ0v) is 10.8. The van der Waals surface area contributed by atoms with Gasteiger partial charge in [-0.25, -0.2) is 4.68 Å². The average Bonchev–Trinajstić information content (AvgIpc) is 2.63. The summed E-state index contributed by atoms with van der Waals surface area (Å²) in [5.74, 6) is 0.381. The molecule has 0 saturated carbocycles. The van der Waals surface area contributed by atoms with Gasteiger partial charge in [0, 0.05) is 10.7 Å². The number of hydrogen-bond donors (Lipinski definition) is 0. The topological polar surface area (TPSA) is 17.8 Å². The maximum atomic E-state index is 6.10. The molecule has 1 aromatic carbocycles. The molecule has 0 fully saturated rings. The molecule has 2 aromatic rings. The lowest BCUT2D eigenvalue weighted by Crippen LogP contribution is -2.00. The third kappa shape index (κ3) is 2.19. The van der Waals surface area contributed by atoms with Gasteiger partial charge in [-0.1, -0.05) is 23.2 Å². The van der Waals surface area contributed by atoms with Crippen molar-refractivity contribution in [3.05, 3.63) is 45.7 Å². The fraction of sp³-hybridized carbons (Fsp3) is 0.182. The maximum Gasteiger partial charge on any atom is 0.0849 e. The van der Waals surface area contributed by atoms with Crippen LogP contribution in [0, 0.1) is 6.92 Å². The van der Waals surface area contributed by atoms with Crippen molar-refractivity contribution in [2.75, 3.05) is 0 Å². The molecule has 0 spiro atoms. The Morgan fingerprint density at radius 2 is 2.00 bits per heavy atom. The van der Waals surface area contributed by atoms with E-state index in [-0.39, 0.29) is 0 Å². The summed E-state index contributed by atoms with van der Waals surface area (Å²) in [5, 5.41) is 5.58.